The van der Waals surface area contributed by atoms with Crippen LogP contribution in [0.15, 0.2) is 12.1 Å². The van der Waals surface area contributed by atoms with Crippen LogP contribution in [0, 0.1) is 0 Å². The van der Waals surface area contributed by atoms with Crippen LogP contribution in [0.3, 0.4) is 0 Å². The molecule has 2 aliphatic rings. The Morgan fingerprint density at radius 1 is 1.00 bits per heavy atom. The Kier molecular flexibility index (Phi) is 2.99. The van der Waals surface area contributed by atoms with Gasteiger partial charge in [-0.1, -0.05) is 0 Å². The van der Waals surface area contributed by atoms with E-state index >= 15 is 0 Å². The fourth-order valence-electron chi connectivity index (χ4n) is 2.80. The number of aromatic nitrogens is 2. The van der Waals surface area contributed by atoms with Gasteiger partial charge in [0.2, 0.25) is 0 Å². The first kappa shape index (κ1) is 12.0. The van der Waals surface area contributed by atoms with E-state index < -0.39 is 0 Å². The molecule has 0 saturated carbocycles. The van der Waals surface area contributed by atoms with E-state index in [1.807, 2.05) is 12.1 Å². The van der Waals surface area contributed by atoms with E-state index in [1.165, 1.54) is 6.42 Å². The van der Waals surface area contributed by atoms with Gasteiger partial charge in [-0.15, -0.1) is 0 Å². The van der Waals surface area contributed by atoms with Gasteiger partial charge in [-0.3, -0.25) is 0 Å². The highest BCUT2D eigenvalue weighted by Gasteiger charge is 2.21. The lowest BCUT2D eigenvalue weighted by molar-refractivity contribution is 0.0101. The molecule has 1 N–H and O–H groups in total. The minimum Gasteiger partial charge on any atom is -0.489 e. The largest absolute Gasteiger partial charge is 0.489 e. The molecule has 20 heavy (non-hydrogen) atoms. The third kappa shape index (κ3) is 2.12. The van der Waals surface area contributed by atoms with Gasteiger partial charge >= 0.3 is 0 Å². The summed E-state index contributed by atoms with van der Waals surface area (Å²) in [4.78, 5) is 8.02. The van der Waals surface area contributed by atoms with Gasteiger partial charge in [-0.2, -0.15) is 0 Å². The standard InChI is InChI=1S/C15H18N2O3/c1-2-5-18-12(4-1)15-16-10-8-13-14(9-11(10)17-15)20-7-3-6-19-13/h8-9,12H,1-7H2,(H,16,17). The van der Waals surface area contributed by atoms with Crippen LogP contribution in [0.2, 0.25) is 0 Å². The van der Waals surface area contributed by atoms with E-state index in [2.05, 4.69) is 9.97 Å². The lowest BCUT2D eigenvalue weighted by Crippen LogP contribution is -2.12. The second-order valence-corrected chi connectivity index (χ2v) is 5.34. The van der Waals surface area contributed by atoms with Crippen molar-refractivity contribution in [2.24, 2.45) is 0 Å². The van der Waals surface area contributed by atoms with Gasteiger partial charge in [-0.25, -0.2) is 4.98 Å². The Balaban J connectivity index is 1.72. The molecule has 106 valence electrons. The van der Waals surface area contributed by atoms with Gasteiger partial charge in [-0.05, 0) is 19.3 Å². The summed E-state index contributed by atoms with van der Waals surface area (Å²) in [7, 11) is 0. The number of H-pyrrole nitrogens is 1. The second-order valence-electron chi connectivity index (χ2n) is 5.34. The number of rotatable bonds is 1. The molecule has 4 rings (SSSR count). The smallest absolute Gasteiger partial charge is 0.163 e. The van der Waals surface area contributed by atoms with Crippen LogP contribution in [-0.2, 0) is 4.74 Å². The van der Waals surface area contributed by atoms with E-state index in [-0.39, 0.29) is 6.10 Å². The number of ether oxygens (including phenoxy) is 3. The molecule has 3 heterocycles. The number of nitrogens with one attached hydrogen (secondary N) is 1. The summed E-state index contributed by atoms with van der Waals surface area (Å²) in [5, 5.41) is 0. The summed E-state index contributed by atoms with van der Waals surface area (Å²) in [6, 6.07) is 3.94. The molecule has 1 aromatic carbocycles. The number of fused-ring (bicyclic) bond motifs is 2. The van der Waals surface area contributed by atoms with Gasteiger partial charge in [0.05, 0.1) is 24.2 Å². The number of nitrogens with zero attached hydrogens (tertiary/aromatic N) is 1. The van der Waals surface area contributed by atoms with Crippen molar-refractivity contribution in [1.82, 2.24) is 9.97 Å². The fourth-order valence-corrected chi connectivity index (χ4v) is 2.80. The molecule has 0 spiro atoms. The van der Waals surface area contributed by atoms with Crippen LogP contribution in [0.4, 0.5) is 0 Å². The summed E-state index contributed by atoms with van der Waals surface area (Å²) < 4.78 is 17.2. The molecule has 1 fully saturated rings. The average Bonchev–Trinajstić information content (AvgIpc) is 2.76. The lowest BCUT2D eigenvalue weighted by Gasteiger charge is -2.20. The number of hydrogen-bond acceptors (Lipinski definition) is 4. The Morgan fingerprint density at radius 3 is 2.65 bits per heavy atom. The zero-order valence-electron chi connectivity index (χ0n) is 11.4. The van der Waals surface area contributed by atoms with E-state index in [0.29, 0.717) is 13.2 Å². The number of hydrogen-bond donors (Lipinski definition) is 1. The number of benzene rings is 1. The van der Waals surface area contributed by atoms with E-state index in [4.69, 9.17) is 14.2 Å². The monoisotopic (exact) mass is 274 g/mol. The first-order valence-electron chi connectivity index (χ1n) is 7.31. The lowest BCUT2D eigenvalue weighted by atomic mass is 10.1. The van der Waals surface area contributed by atoms with Crippen molar-refractivity contribution in [3.8, 4) is 11.5 Å². The summed E-state index contributed by atoms with van der Waals surface area (Å²) in [5.41, 5.74) is 1.90. The second kappa shape index (κ2) is 4.98. The third-order valence-electron chi connectivity index (χ3n) is 3.85. The first-order valence-corrected chi connectivity index (χ1v) is 7.31. The topological polar surface area (TPSA) is 56.4 Å². The van der Waals surface area contributed by atoms with Crippen LogP contribution >= 0.6 is 0 Å². The molecule has 0 amide bonds. The highest BCUT2D eigenvalue weighted by atomic mass is 16.5. The summed E-state index contributed by atoms with van der Waals surface area (Å²) in [6.07, 6.45) is 4.39. The SMILES string of the molecule is c1c2c(cc3[nH]c(C4CCCCO4)nc13)OCCCO2. The summed E-state index contributed by atoms with van der Waals surface area (Å²) in [5.74, 6) is 2.51. The molecule has 0 bridgehead atoms. The van der Waals surface area contributed by atoms with Crippen molar-refractivity contribution >= 4 is 11.0 Å². The molecule has 5 nitrogen and oxygen atoms in total. The summed E-state index contributed by atoms with van der Waals surface area (Å²) >= 11 is 0. The Hall–Kier alpha value is -1.75. The number of aromatic amines is 1. The molecule has 1 unspecified atom stereocenters. The van der Waals surface area contributed by atoms with Gasteiger partial charge in [0.1, 0.15) is 11.9 Å². The maximum absolute atomic E-state index is 5.78. The van der Waals surface area contributed by atoms with Crippen LogP contribution < -0.4 is 9.47 Å². The van der Waals surface area contributed by atoms with Gasteiger partial charge < -0.3 is 19.2 Å². The van der Waals surface area contributed by atoms with Crippen molar-refractivity contribution in [1.29, 1.82) is 0 Å². The van der Waals surface area contributed by atoms with Crippen molar-refractivity contribution in [2.45, 2.75) is 31.8 Å². The molecule has 2 aliphatic heterocycles. The highest BCUT2D eigenvalue weighted by molar-refractivity contribution is 5.79. The fraction of sp³-hybridized carbons (Fsp3) is 0.533. The molecule has 0 radical (unpaired) electrons. The van der Waals surface area contributed by atoms with E-state index in [9.17, 15) is 0 Å². The highest BCUT2D eigenvalue weighted by Crippen LogP contribution is 2.35. The molecule has 1 saturated heterocycles. The normalized spacial score (nSPS) is 22.7. The Bertz CT molecular complexity index is 574. The summed E-state index contributed by atoms with van der Waals surface area (Å²) in [6.45, 7) is 2.22. The minimum atomic E-state index is 0.0952. The molecular weight excluding hydrogens is 256 g/mol. The molecule has 2 aromatic rings. The predicted molar refractivity (Wildman–Crippen MR) is 74.2 cm³/mol. The van der Waals surface area contributed by atoms with Gasteiger partial charge in [0, 0.05) is 25.2 Å². The van der Waals surface area contributed by atoms with E-state index in [0.717, 1.165) is 54.2 Å². The molecule has 1 aromatic heterocycles. The quantitative estimate of drug-likeness (QED) is 0.868. The van der Waals surface area contributed by atoms with Crippen molar-refractivity contribution in [3.05, 3.63) is 18.0 Å². The maximum Gasteiger partial charge on any atom is 0.163 e. The maximum atomic E-state index is 5.78. The van der Waals surface area contributed by atoms with Crippen LogP contribution in [0.1, 0.15) is 37.6 Å². The molecule has 1 atom stereocenters. The average molecular weight is 274 g/mol. The van der Waals surface area contributed by atoms with E-state index in [1.54, 1.807) is 0 Å². The Labute approximate surface area is 117 Å². The van der Waals surface area contributed by atoms with Crippen molar-refractivity contribution in [2.75, 3.05) is 19.8 Å². The Morgan fingerprint density at radius 2 is 1.85 bits per heavy atom. The van der Waals surface area contributed by atoms with Crippen molar-refractivity contribution < 1.29 is 14.2 Å². The van der Waals surface area contributed by atoms with Crippen LogP contribution in [0.5, 0.6) is 11.5 Å². The third-order valence-corrected chi connectivity index (χ3v) is 3.85. The minimum absolute atomic E-state index is 0.0952. The first-order chi connectivity index (χ1) is 9.90. The van der Waals surface area contributed by atoms with Crippen LogP contribution in [-0.4, -0.2) is 29.8 Å². The molecular formula is C15H18N2O3. The van der Waals surface area contributed by atoms with Crippen LogP contribution in [0.25, 0.3) is 11.0 Å². The van der Waals surface area contributed by atoms with Crippen molar-refractivity contribution in [3.63, 3.8) is 0 Å². The van der Waals surface area contributed by atoms with Gasteiger partial charge in [0.25, 0.3) is 0 Å². The molecule has 0 aliphatic carbocycles. The number of imidazole rings is 1. The van der Waals surface area contributed by atoms with Gasteiger partial charge in [0.15, 0.2) is 11.5 Å². The predicted octanol–water partition coefficient (Wildman–Crippen LogP) is 2.97. The zero-order valence-corrected chi connectivity index (χ0v) is 11.4. The molecule has 5 heteroatoms. The zero-order chi connectivity index (χ0) is 13.4.